The molecule has 4 nitrogen and oxygen atoms in total. The number of anilines is 1. The Bertz CT molecular complexity index is 509. The molecule has 96 valence electrons. The number of Topliss-reactive ketones (excluding diaryl/α,β-unsaturated/α-hetero) is 1. The van der Waals surface area contributed by atoms with E-state index in [9.17, 15) is 9.59 Å². The van der Waals surface area contributed by atoms with Crippen LogP contribution in [-0.2, 0) is 9.59 Å². The number of hydrogen-bond acceptors (Lipinski definition) is 4. The van der Waals surface area contributed by atoms with Crippen molar-refractivity contribution in [2.45, 2.75) is 33.1 Å². The number of aromatic nitrogens is 1. The van der Waals surface area contributed by atoms with Gasteiger partial charge in [-0.05, 0) is 25.2 Å². The number of carbonyl (C=O) groups is 2. The van der Waals surface area contributed by atoms with Crippen molar-refractivity contribution in [2.24, 2.45) is 16.7 Å². The van der Waals surface area contributed by atoms with Gasteiger partial charge in [0.1, 0.15) is 5.41 Å². The van der Waals surface area contributed by atoms with E-state index in [4.69, 9.17) is 0 Å². The molecule has 1 N–H and O–H groups in total. The van der Waals surface area contributed by atoms with E-state index in [-0.39, 0.29) is 17.1 Å². The summed E-state index contributed by atoms with van der Waals surface area (Å²) in [5.41, 5.74) is -1.14. The van der Waals surface area contributed by atoms with E-state index in [1.807, 2.05) is 19.2 Å². The van der Waals surface area contributed by atoms with Crippen molar-refractivity contribution in [1.82, 2.24) is 4.98 Å². The van der Waals surface area contributed by atoms with Gasteiger partial charge < -0.3 is 5.32 Å². The molecule has 0 unspecified atom stereocenters. The average Bonchev–Trinajstić information content (AvgIpc) is 2.98. The number of nitrogens with one attached hydrogen (secondary N) is 1. The van der Waals surface area contributed by atoms with Crippen molar-refractivity contribution < 1.29 is 9.59 Å². The van der Waals surface area contributed by atoms with E-state index in [0.717, 1.165) is 6.42 Å². The molecule has 1 aromatic rings. The lowest BCUT2D eigenvalue weighted by Crippen LogP contribution is -2.44. The first-order valence-electron chi connectivity index (χ1n) is 6.23. The van der Waals surface area contributed by atoms with E-state index in [1.54, 1.807) is 6.20 Å². The second kappa shape index (κ2) is 3.63. The fraction of sp³-hybridized carbons (Fsp3) is 0.615. The van der Waals surface area contributed by atoms with E-state index in [1.165, 1.54) is 11.3 Å². The summed E-state index contributed by atoms with van der Waals surface area (Å²) in [6.45, 7) is 3.94. The van der Waals surface area contributed by atoms with Crippen LogP contribution in [0.2, 0.25) is 0 Å². The van der Waals surface area contributed by atoms with E-state index < -0.39 is 5.41 Å². The highest BCUT2D eigenvalue weighted by Gasteiger charge is 2.65. The molecule has 18 heavy (non-hydrogen) atoms. The maximum atomic E-state index is 12.5. The lowest BCUT2D eigenvalue weighted by Gasteiger charge is -2.32. The Labute approximate surface area is 110 Å². The quantitative estimate of drug-likeness (QED) is 0.835. The Morgan fingerprint density at radius 1 is 1.56 bits per heavy atom. The van der Waals surface area contributed by atoms with Crippen LogP contribution in [0.3, 0.4) is 0 Å². The third-order valence-corrected chi connectivity index (χ3v) is 5.33. The molecule has 2 atom stereocenters. The minimum absolute atomic E-state index is 0.111. The Morgan fingerprint density at radius 3 is 2.89 bits per heavy atom. The highest BCUT2D eigenvalue weighted by atomic mass is 32.1. The first kappa shape index (κ1) is 11.8. The van der Waals surface area contributed by atoms with Gasteiger partial charge in [0.25, 0.3) is 0 Å². The van der Waals surface area contributed by atoms with Gasteiger partial charge in [-0.15, -0.1) is 11.3 Å². The van der Waals surface area contributed by atoms with Gasteiger partial charge in [0, 0.05) is 17.0 Å². The number of rotatable bonds is 2. The Balaban J connectivity index is 1.88. The molecule has 1 heterocycles. The summed E-state index contributed by atoms with van der Waals surface area (Å²) in [5.74, 6) is 0.308. The molecule has 1 amide bonds. The number of carbonyl (C=O) groups excluding carboxylic acids is 2. The third kappa shape index (κ3) is 1.40. The zero-order valence-corrected chi connectivity index (χ0v) is 11.3. The lowest BCUT2D eigenvalue weighted by molar-refractivity contribution is -0.142. The molecule has 2 aliphatic rings. The maximum absolute atomic E-state index is 12.5. The summed E-state index contributed by atoms with van der Waals surface area (Å²) < 4.78 is 0. The van der Waals surface area contributed by atoms with Crippen LogP contribution in [-0.4, -0.2) is 16.7 Å². The van der Waals surface area contributed by atoms with E-state index in [2.05, 4.69) is 10.3 Å². The summed E-state index contributed by atoms with van der Waals surface area (Å²) in [5, 5.41) is 5.19. The first-order chi connectivity index (χ1) is 8.47. The summed E-state index contributed by atoms with van der Waals surface area (Å²) >= 11 is 1.38. The number of amides is 1. The van der Waals surface area contributed by atoms with E-state index in [0.29, 0.717) is 23.9 Å². The molecule has 2 aliphatic carbocycles. The predicted octanol–water partition coefficient (Wildman–Crippen LogP) is 2.48. The number of ketones is 1. The van der Waals surface area contributed by atoms with E-state index >= 15 is 0 Å². The van der Waals surface area contributed by atoms with Crippen LogP contribution in [0.4, 0.5) is 5.13 Å². The van der Waals surface area contributed by atoms with Gasteiger partial charge in [0.05, 0.1) is 0 Å². The van der Waals surface area contributed by atoms with Gasteiger partial charge in [-0.3, -0.25) is 9.59 Å². The van der Waals surface area contributed by atoms with Crippen molar-refractivity contribution in [1.29, 1.82) is 0 Å². The normalized spacial score (nSPS) is 32.8. The second-order valence-corrected chi connectivity index (χ2v) is 6.76. The minimum Gasteiger partial charge on any atom is -0.301 e. The Kier molecular flexibility index (Phi) is 2.39. The topological polar surface area (TPSA) is 59.1 Å². The molecule has 0 saturated heterocycles. The van der Waals surface area contributed by atoms with Crippen LogP contribution < -0.4 is 5.32 Å². The van der Waals surface area contributed by atoms with Crippen LogP contribution in [0.5, 0.6) is 0 Å². The molecule has 0 aromatic carbocycles. The summed E-state index contributed by atoms with van der Waals surface area (Å²) in [6, 6.07) is 0. The molecule has 0 radical (unpaired) electrons. The van der Waals surface area contributed by atoms with Gasteiger partial charge >= 0.3 is 0 Å². The molecule has 2 saturated carbocycles. The highest BCUT2D eigenvalue weighted by molar-refractivity contribution is 7.13. The molecule has 5 heteroatoms. The monoisotopic (exact) mass is 264 g/mol. The second-order valence-electron chi connectivity index (χ2n) is 5.86. The van der Waals surface area contributed by atoms with Crippen molar-refractivity contribution in [3.63, 3.8) is 0 Å². The molecule has 2 fully saturated rings. The third-order valence-electron chi connectivity index (χ3n) is 4.64. The molecule has 3 rings (SSSR count). The predicted molar refractivity (Wildman–Crippen MR) is 69.3 cm³/mol. The number of hydrogen-bond donors (Lipinski definition) is 1. The van der Waals surface area contributed by atoms with Gasteiger partial charge in [0.2, 0.25) is 5.91 Å². The van der Waals surface area contributed by atoms with Crippen LogP contribution in [0.1, 0.15) is 33.1 Å². The van der Waals surface area contributed by atoms with Gasteiger partial charge in [-0.2, -0.15) is 0 Å². The van der Waals surface area contributed by atoms with Crippen molar-refractivity contribution in [3.05, 3.63) is 11.6 Å². The molecule has 1 aromatic heterocycles. The first-order valence-corrected chi connectivity index (χ1v) is 7.11. The largest absolute Gasteiger partial charge is 0.301 e. The molecular formula is C13H16N2O2S. The van der Waals surface area contributed by atoms with Crippen molar-refractivity contribution >= 4 is 28.2 Å². The lowest BCUT2D eigenvalue weighted by atomic mass is 9.70. The van der Waals surface area contributed by atoms with Gasteiger partial charge in [-0.25, -0.2) is 4.98 Å². The fourth-order valence-corrected chi connectivity index (χ4v) is 4.00. The number of thiazole rings is 1. The zero-order valence-electron chi connectivity index (χ0n) is 10.5. The summed E-state index contributed by atoms with van der Waals surface area (Å²) in [4.78, 5) is 29.0. The number of nitrogens with zero attached hydrogens (tertiary/aromatic N) is 1. The minimum atomic E-state index is -0.792. The SMILES string of the molecule is CC1(C)C(=O)[C@@]2(C(=O)Nc3nccs3)CC[C@@H]1C2. The smallest absolute Gasteiger partial charge is 0.239 e. The number of fused-ring (bicyclic) bond motifs is 2. The summed E-state index contributed by atoms with van der Waals surface area (Å²) in [6.07, 6.45) is 4.02. The zero-order chi connectivity index (χ0) is 13.0. The van der Waals surface area contributed by atoms with Gasteiger partial charge in [-0.1, -0.05) is 13.8 Å². The standard InChI is InChI=1S/C13H16N2O2S/c1-12(2)8-3-4-13(7-8,9(12)16)10(17)15-11-14-5-6-18-11/h5-6,8H,3-4,7H2,1-2H3,(H,14,15,17)/t8-,13-/m1/s1. The van der Waals surface area contributed by atoms with Crippen LogP contribution in [0, 0.1) is 16.7 Å². The van der Waals surface area contributed by atoms with Crippen LogP contribution >= 0.6 is 11.3 Å². The van der Waals surface area contributed by atoms with Crippen molar-refractivity contribution in [3.8, 4) is 0 Å². The molecule has 0 aliphatic heterocycles. The van der Waals surface area contributed by atoms with Gasteiger partial charge in [0.15, 0.2) is 10.9 Å². The average molecular weight is 264 g/mol. The Hall–Kier alpha value is -1.23. The van der Waals surface area contributed by atoms with Crippen LogP contribution in [0.15, 0.2) is 11.6 Å². The highest BCUT2D eigenvalue weighted by Crippen LogP contribution is 2.60. The molecule has 2 bridgehead atoms. The maximum Gasteiger partial charge on any atom is 0.239 e. The Morgan fingerprint density at radius 2 is 2.33 bits per heavy atom. The molecular weight excluding hydrogens is 248 g/mol. The molecule has 0 spiro atoms. The van der Waals surface area contributed by atoms with Crippen molar-refractivity contribution in [2.75, 3.05) is 5.32 Å². The summed E-state index contributed by atoms with van der Waals surface area (Å²) in [7, 11) is 0. The van der Waals surface area contributed by atoms with Crippen LogP contribution in [0.25, 0.3) is 0 Å². The fourth-order valence-electron chi connectivity index (χ4n) is 3.48.